The first kappa shape index (κ1) is 13.3. The number of benzene rings is 1. The molecule has 0 aliphatic heterocycles. The number of hydrogen-bond donors (Lipinski definition) is 0. The Labute approximate surface area is 115 Å². The van der Waals surface area contributed by atoms with E-state index in [9.17, 15) is 0 Å². The normalized spacial score (nSPS) is 11.4. The number of aryl methyl sites for hydroxylation is 1. The highest BCUT2D eigenvalue weighted by molar-refractivity contribution is 5.77. The number of nitrogens with zero attached hydrogens (tertiary/aromatic N) is 2. The lowest BCUT2D eigenvalue weighted by Gasteiger charge is -2.16. The second-order valence-electron chi connectivity index (χ2n) is 4.71. The lowest BCUT2D eigenvalue weighted by atomic mass is 10.1. The van der Waals surface area contributed by atoms with E-state index in [1.54, 1.807) is 0 Å². The van der Waals surface area contributed by atoms with Crippen molar-refractivity contribution in [3.05, 3.63) is 66.0 Å². The van der Waals surface area contributed by atoms with Gasteiger partial charge in [-0.1, -0.05) is 30.3 Å². The molecule has 0 spiro atoms. The number of rotatable bonds is 4. The highest BCUT2D eigenvalue weighted by Gasteiger charge is 2.15. The minimum absolute atomic E-state index is 0.968. The van der Waals surface area contributed by atoms with Gasteiger partial charge in [0.15, 0.2) is 6.20 Å². The molecule has 0 radical (unpaired) electrons. The van der Waals surface area contributed by atoms with E-state index in [4.69, 9.17) is 0 Å². The minimum Gasteiger partial charge on any atom is -0.372 e. The number of pyridine rings is 1. The zero-order valence-corrected chi connectivity index (χ0v) is 11.9. The standard InChI is InChI=1S/C17H21N2/c1-4-19-13-9-8-12-16(19)17(18(2)3)14-15-10-6-5-7-11-15/h5-14H,4H2,1-3H3/q+1. The summed E-state index contributed by atoms with van der Waals surface area (Å²) in [6, 6.07) is 16.8. The summed E-state index contributed by atoms with van der Waals surface area (Å²) in [6.07, 6.45) is 4.35. The molecule has 0 unspecified atom stereocenters. The SMILES string of the molecule is CC[n+]1ccccc1C(=Cc1ccccc1)N(C)C. The van der Waals surface area contributed by atoms with Crippen LogP contribution in [-0.4, -0.2) is 19.0 Å². The van der Waals surface area contributed by atoms with E-state index in [0.29, 0.717) is 0 Å². The summed E-state index contributed by atoms with van der Waals surface area (Å²) in [5.41, 5.74) is 3.67. The van der Waals surface area contributed by atoms with Crippen molar-refractivity contribution in [1.82, 2.24) is 4.90 Å². The van der Waals surface area contributed by atoms with Crippen LogP contribution in [-0.2, 0) is 6.54 Å². The third kappa shape index (κ3) is 3.22. The van der Waals surface area contributed by atoms with Gasteiger partial charge in [0.1, 0.15) is 12.2 Å². The Morgan fingerprint density at radius 2 is 1.74 bits per heavy atom. The highest BCUT2D eigenvalue weighted by Crippen LogP contribution is 2.17. The fraction of sp³-hybridized carbons (Fsp3) is 0.235. The smallest absolute Gasteiger partial charge is 0.228 e. The van der Waals surface area contributed by atoms with Crippen LogP contribution < -0.4 is 4.57 Å². The van der Waals surface area contributed by atoms with Crippen LogP contribution in [0.1, 0.15) is 18.2 Å². The first-order valence-electron chi connectivity index (χ1n) is 6.65. The zero-order chi connectivity index (χ0) is 13.7. The average Bonchev–Trinajstić information content (AvgIpc) is 2.45. The first-order valence-corrected chi connectivity index (χ1v) is 6.65. The van der Waals surface area contributed by atoms with Gasteiger partial charge >= 0.3 is 0 Å². The molecule has 0 fully saturated rings. The summed E-state index contributed by atoms with van der Waals surface area (Å²) in [5.74, 6) is 0. The van der Waals surface area contributed by atoms with Crippen molar-refractivity contribution in [1.29, 1.82) is 0 Å². The van der Waals surface area contributed by atoms with Crippen LogP contribution in [0.2, 0.25) is 0 Å². The maximum atomic E-state index is 2.26. The second kappa shape index (κ2) is 6.19. The Hall–Kier alpha value is -2.09. The topological polar surface area (TPSA) is 7.12 Å². The van der Waals surface area contributed by atoms with Crippen LogP contribution in [0.4, 0.5) is 0 Å². The van der Waals surface area contributed by atoms with Crippen LogP contribution in [0.25, 0.3) is 11.8 Å². The van der Waals surface area contributed by atoms with Crippen LogP contribution in [0, 0.1) is 0 Å². The zero-order valence-electron chi connectivity index (χ0n) is 11.9. The molecule has 0 aliphatic carbocycles. The largest absolute Gasteiger partial charge is 0.372 e. The Balaban J connectivity index is 2.49. The summed E-state index contributed by atoms with van der Waals surface area (Å²) < 4.78 is 2.26. The van der Waals surface area contributed by atoms with Crippen molar-refractivity contribution < 1.29 is 4.57 Å². The molecule has 0 bridgehead atoms. The van der Waals surface area contributed by atoms with Gasteiger partial charge in [0.2, 0.25) is 5.69 Å². The molecule has 2 aromatic rings. The fourth-order valence-corrected chi connectivity index (χ4v) is 2.12. The molecular weight excluding hydrogens is 232 g/mol. The summed E-state index contributed by atoms with van der Waals surface area (Å²) >= 11 is 0. The minimum atomic E-state index is 0.968. The highest BCUT2D eigenvalue weighted by atomic mass is 15.1. The molecule has 0 atom stereocenters. The van der Waals surface area contributed by atoms with Gasteiger partial charge in [-0.15, -0.1) is 0 Å². The maximum absolute atomic E-state index is 2.26. The van der Waals surface area contributed by atoms with E-state index in [1.807, 2.05) is 6.07 Å². The molecule has 1 heterocycles. The second-order valence-corrected chi connectivity index (χ2v) is 4.71. The van der Waals surface area contributed by atoms with Crippen molar-refractivity contribution >= 4 is 11.8 Å². The van der Waals surface area contributed by atoms with Crippen LogP contribution in [0.15, 0.2) is 54.7 Å². The molecule has 98 valence electrons. The molecular formula is C17H21N2+. The Bertz CT molecular complexity index is 556. The van der Waals surface area contributed by atoms with E-state index >= 15 is 0 Å². The van der Waals surface area contributed by atoms with Gasteiger partial charge in [0.05, 0.1) is 0 Å². The fourth-order valence-electron chi connectivity index (χ4n) is 2.12. The lowest BCUT2D eigenvalue weighted by Crippen LogP contribution is -2.38. The van der Waals surface area contributed by atoms with Crippen LogP contribution in [0.3, 0.4) is 0 Å². The van der Waals surface area contributed by atoms with Crippen molar-refractivity contribution in [2.45, 2.75) is 13.5 Å². The van der Waals surface area contributed by atoms with Crippen molar-refractivity contribution in [3.63, 3.8) is 0 Å². The van der Waals surface area contributed by atoms with Gasteiger partial charge in [0, 0.05) is 26.2 Å². The van der Waals surface area contributed by atoms with E-state index in [1.165, 1.54) is 17.0 Å². The monoisotopic (exact) mass is 253 g/mol. The molecule has 0 saturated carbocycles. The number of hydrogen-bond acceptors (Lipinski definition) is 1. The van der Waals surface area contributed by atoms with Gasteiger partial charge in [-0.3, -0.25) is 0 Å². The van der Waals surface area contributed by atoms with E-state index in [2.05, 4.69) is 85.2 Å². The average molecular weight is 253 g/mol. The summed E-state index contributed by atoms with van der Waals surface area (Å²) in [7, 11) is 4.17. The Morgan fingerprint density at radius 3 is 2.37 bits per heavy atom. The first-order chi connectivity index (χ1) is 9.22. The third-order valence-electron chi connectivity index (χ3n) is 3.13. The molecule has 2 nitrogen and oxygen atoms in total. The maximum Gasteiger partial charge on any atom is 0.228 e. The molecule has 0 aliphatic rings. The van der Waals surface area contributed by atoms with E-state index in [-0.39, 0.29) is 0 Å². The summed E-state index contributed by atoms with van der Waals surface area (Å²) in [5, 5.41) is 0. The van der Waals surface area contributed by atoms with Crippen molar-refractivity contribution in [2.24, 2.45) is 0 Å². The number of aromatic nitrogens is 1. The molecule has 0 N–H and O–H groups in total. The predicted octanol–water partition coefficient (Wildman–Crippen LogP) is 3.05. The van der Waals surface area contributed by atoms with Gasteiger partial charge in [-0.2, -0.15) is 4.57 Å². The summed E-state index contributed by atoms with van der Waals surface area (Å²) in [4.78, 5) is 2.16. The van der Waals surface area contributed by atoms with E-state index in [0.717, 1.165) is 6.54 Å². The van der Waals surface area contributed by atoms with Crippen LogP contribution >= 0.6 is 0 Å². The third-order valence-corrected chi connectivity index (χ3v) is 3.13. The van der Waals surface area contributed by atoms with Gasteiger partial charge in [0.25, 0.3) is 0 Å². The van der Waals surface area contributed by atoms with Crippen LogP contribution in [0.5, 0.6) is 0 Å². The molecule has 0 saturated heterocycles. The van der Waals surface area contributed by atoms with Gasteiger partial charge < -0.3 is 4.90 Å². The summed E-state index contributed by atoms with van der Waals surface area (Å²) in [6.45, 7) is 3.13. The molecule has 0 amide bonds. The molecule has 19 heavy (non-hydrogen) atoms. The molecule has 1 aromatic heterocycles. The Kier molecular flexibility index (Phi) is 4.35. The van der Waals surface area contributed by atoms with Gasteiger partial charge in [-0.25, -0.2) is 0 Å². The lowest BCUT2D eigenvalue weighted by molar-refractivity contribution is -0.696. The molecule has 2 heteroatoms. The van der Waals surface area contributed by atoms with E-state index < -0.39 is 0 Å². The van der Waals surface area contributed by atoms with Crippen molar-refractivity contribution in [2.75, 3.05) is 14.1 Å². The quantitative estimate of drug-likeness (QED) is 0.760. The Morgan fingerprint density at radius 1 is 1.05 bits per heavy atom. The predicted molar refractivity (Wildman–Crippen MR) is 80.3 cm³/mol. The molecule has 2 rings (SSSR count). The molecule has 1 aromatic carbocycles. The van der Waals surface area contributed by atoms with Gasteiger partial charge in [-0.05, 0) is 24.6 Å². The van der Waals surface area contributed by atoms with Crippen molar-refractivity contribution in [3.8, 4) is 0 Å².